The summed E-state index contributed by atoms with van der Waals surface area (Å²) >= 11 is 0. The highest BCUT2D eigenvalue weighted by Crippen LogP contribution is 2.17. The van der Waals surface area contributed by atoms with E-state index in [1.165, 1.54) is 0 Å². The lowest BCUT2D eigenvalue weighted by Gasteiger charge is -2.24. The van der Waals surface area contributed by atoms with E-state index in [4.69, 9.17) is 10.5 Å². The van der Waals surface area contributed by atoms with Crippen molar-refractivity contribution in [1.29, 1.82) is 0 Å². The SMILES string of the molecule is CCCC(C)(N)C(=O)NCC(C)Oc1ccccc1C. The van der Waals surface area contributed by atoms with Crippen molar-refractivity contribution in [3.63, 3.8) is 0 Å². The molecule has 1 rings (SSSR count). The summed E-state index contributed by atoms with van der Waals surface area (Å²) in [7, 11) is 0. The number of hydrogen-bond donors (Lipinski definition) is 2. The van der Waals surface area contributed by atoms with Crippen LogP contribution >= 0.6 is 0 Å². The number of amides is 1. The Morgan fingerprint density at radius 2 is 2.10 bits per heavy atom. The van der Waals surface area contributed by atoms with Crippen LogP contribution in [0.2, 0.25) is 0 Å². The molecule has 0 saturated heterocycles. The molecule has 1 aromatic carbocycles. The first-order chi connectivity index (χ1) is 9.36. The fourth-order valence-electron chi connectivity index (χ4n) is 2.02. The number of benzene rings is 1. The number of rotatable bonds is 7. The summed E-state index contributed by atoms with van der Waals surface area (Å²) < 4.78 is 5.81. The van der Waals surface area contributed by atoms with Gasteiger partial charge in [-0.1, -0.05) is 31.5 Å². The third-order valence-corrected chi connectivity index (χ3v) is 3.26. The molecule has 0 heterocycles. The average Bonchev–Trinajstić information content (AvgIpc) is 2.38. The fourth-order valence-corrected chi connectivity index (χ4v) is 2.02. The molecular weight excluding hydrogens is 252 g/mol. The van der Waals surface area contributed by atoms with Crippen molar-refractivity contribution in [2.45, 2.75) is 52.2 Å². The molecule has 3 N–H and O–H groups in total. The molecule has 1 aromatic rings. The van der Waals surface area contributed by atoms with Gasteiger partial charge in [0.05, 0.1) is 12.1 Å². The molecule has 4 nitrogen and oxygen atoms in total. The van der Waals surface area contributed by atoms with Crippen LogP contribution in [0, 0.1) is 6.92 Å². The number of nitrogens with two attached hydrogens (primary N) is 1. The number of hydrogen-bond acceptors (Lipinski definition) is 3. The molecule has 0 aliphatic heterocycles. The van der Waals surface area contributed by atoms with E-state index in [1.54, 1.807) is 6.92 Å². The number of nitrogens with one attached hydrogen (secondary N) is 1. The number of aryl methyl sites for hydroxylation is 1. The van der Waals surface area contributed by atoms with E-state index in [-0.39, 0.29) is 12.0 Å². The van der Waals surface area contributed by atoms with E-state index in [9.17, 15) is 4.79 Å². The summed E-state index contributed by atoms with van der Waals surface area (Å²) in [5.41, 5.74) is 6.26. The van der Waals surface area contributed by atoms with E-state index in [1.807, 2.05) is 45.0 Å². The molecule has 0 aromatic heterocycles. The van der Waals surface area contributed by atoms with Crippen LogP contribution < -0.4 is 15.8 Å². The van der Waals surface area contributed by atoms with Crippen molar-refractivity contribution in [2.24, 2.45) is 5.73 Å². The van der Waals surface area contributed by atoms with Crippen molar-refractivity contribution >= 4 is 5.91 Å². The fraction of sp³-hybridized carbons (Fsp3) is 0.562. The minimum Gasteiger partial charge on any atom is -0.489 e. The molecule has 0 bridgehead atoms. The number of carbonyl (C=O) groups is 1. The van der Waals surface area contributed by atoms with Crippen LogP contribution in [0.4, 0.5) is 0 Å². The Morgan fingerprint density at radius 1 is 1.45 bits per heavy atom. The molecule has 4 heteroatoms. The topological polar surface area (TPSA) is 64.4 Å². The Balaban J connectivity index is 2.46. The van der Waals surface area contributed by atoms with Gasteiger partial charge in [-0.15, -0.1) is 0 Å². The second-order valence-corrected chi connectivity index (χ2v) is 5.57. The summed E-state index contributed by atoms with van der Waals surface area (Å²) in [5.74, 6) is 0.720. The van der Waals surface area contributed by atoms with Gasteiger partial charge in [0.25, 0.3) is 0 Å². The van der Waals surface area contributed by atoms with Gasteiger partial charge in [0.2, 0.25) is 5.91 Å². The van der Waals surface area contributed by atoms with Gasteiger partial charge in [-0.2, -0.15) is 0 Å². The Morgan fingerprint density at radius 3 is 2.70 bits per heavy atom. The quantitative estimate of drug-likeness (QED) is 0.805. The molecule has 2 unspecified atom stereocenters. The van der Waals surface area contributed by atoms with Crippen LogP contribution in [-0.4, -0.2) is 24.1 Å². The standard InChI is InChI=1S/C16H26N2O2/c1-5-10-16(4,17)15(19)18-11-13(3)20-14-9-7-6-8-12(14)2/h6-9,13H,5,10-11,17H2,1-4H3,(H,18,19). The van der Waals surface area contributed by atoms with Gasteiger partial charge >= 0.3 is 0 Å². The maximum Gasteiger partial charge on any atom is 0.239 e. The van der Waals surface area contributed by atoms with E-state index in [0.29, 0.717) is 13.0 Å². The van der Waals surface area contributed by atoms with E-state index >= 15 is 0 Å². The number of para-hydroxylation sites is 1. The van der Waals surface area contributed by atoms with Crippen LogP contribution in [0.1, 0.15) is 39.2 Å². The van der Waals surface area contributed by atoms with Gasteiger partial charge in [0.15, 0.2) is 0 Å². The molecule has 112 valence electrons. The molecule has 0 saturated carbocycles. The van der Waals surface area contributed by atoms with E-state index in [0.717, 1.165) is 17.7 Å². The molecule has 0 aliphatic rings. The Hall–Kier alpha value is -1.55. The van der Waals surface area contributed by atoms with Gasteiger partial charge < -0.3 is 15.8 Å². The summed E-state index contributed by atoms with van der Waals surface area (Å²) in [6.07, 6.45) is 1.46. The number of carbonyl (C=O) groups excluding carboxylic acids is 1. The smallest absolute Gasteiger partial charge is 0.239 e. The summed E-state index contributed by atoms with van der Waals surface area (Å²) in [4.78, 5) is 12.0. The lowest BCUT2D eigenvalue weighted by molar-refractivity contribution is -0.126. The van der Waals surface area contributed by atoms with Crippen LogP contribution in [0.15, 0.2) is 24.3 Å². The minimum atomic E-state index is -0.808. The van der Waals surface area contributed by atoms with E-state index in [2.05, 4.69) is 5.32 Å². The van der Waals surface area contributed by atoms with Crippen molar-refractivity contribution in [2.75, 3.05) is 6.54 Å². The maximum absolute atomic E-state index is 12.0. The van der Waals surface area contributed by atoms with Crippen LogP contribution in [0.25, 0.3) is 0 Å². The summed E-state index contributed by atoms with van der Waals surface area (Å²) in [6, 6.07) is 7.84. The Bertz CT molecular complexity index is 444. The first kappa shape index (κ1) is 16.5. The van der Waals surface area contributed by atoms with Crippen LogP contribution in [0.5, 0.6) is 5.75 Å². The molecule has 2 atom stereocenters. The average molecular weight is 278 g/mol. The molecule has 0 radical (unpaired) electrons. The molecule has 1 amide bonds. The molecule has 0 spiro atoms. The molecular formula is C16H26N2O2. The molecule has 20 heavy (non-hydrogen) atoms. The van der Waals surface area contributed by atoms with Gasteiger partial charge in [-0.25, -0.2) is 0 Å². The highest BCUT2D eigenvalue weighted by Gasteiger charge is 2.27. The zero-order valence-corrected chi connectivity index (χ0v) is 12.9. The monoisotopic (exact) mass is 278 g/mol. The number of ether oxygens (including phenoxy) is 1. The lowest BCUT2D eigenvalue weighted by atomic mass is 9.96. The minimum absolute atomic E-state index is 0.0996. The highest BCUT2D eigenvalue weighted by atomic mass is 16.5. The summed E-state index contributed by atoms with van der Waals surface area (Å²) in [5, 5.41) is 2.86. The predicted octanol–water partition coefficient (Wildman–Crippen LogP) is 2.40. The van der Waals surface area contributed by atoms with Gasteiger partial charge in [-0.05, 0) is 38.8 Å². The third-order valence-electron chi connectivity index (χ3n) is 3.26. The van der Waals surface area contributed by atoms with Crippen molar-refractivity contribution in [1.82, 2.24) is 5.32 Å². The largest absolute Gasteiger partial charge is 0.489 e. The van der Waals surface area contributed by atoms with Crippen molar-refractivity contribution in [3.8, 4) is 5.75 Å². The van der Waals surface area contributed by atoms with Crippen LogP contribution in [-0.2, 0) is 4.79 Å². The Kier molecular flexibility index (Phi) is 6.02. The second-order valence-electron chi connectivity index (χ2n) is 5.57. The zero-order valence-electron chi connectivity index (χ0n) is 12.9. The van der Waals surface area contributed by atoms with E-state index < -0.39 is 5.54 Å². The first-order valence-electron chi connectivity index (χ1n) is 7.16. The predicted molar refractivity (Wildman–Crippen MR) is 81.8 cm³/mol. The van der Waals surface area contributed by atoms with Crippen molar-refractivity contribution < 1.29 is 9.53 Å². The summed E-state index contributed by atoms with van der Waals surface area (Å²) in [6.45, 7) is 8.16. The lowest BCUT2D eigenvalue weighted by Crippen LogP contribution is -2.53. The van der Waals surface area contributed by atoms with Gasteiger partial charge in [-0.3, -0.25) is 4.79 Å². The molecule has 0 fully saturated rings. The Labute approximate surface area is 121 Å². The molecule has 0 aliphatic carbocycles. The normalized spacial score (nSPS) is 15.2. The second kappa shape index (κ2) is 7.29. The third kappa shape index (κ3) is 4.85. The van der Waals surface area contributed by atoms with Gasteiger partial charge in [0, 0.05) is 0 Å². The van der Waals surface area contributed by atoms with Crippen LogP contribution in [0.3, 0.4) is 0 Å². The maximum atomic E-state index is 12.0. The van der Waals surface area contributed by atoms with Gasteiger partial charge in [0.1, 0.15) is 11.9 Å². The van der Waals surface area contributed by atoms with Crippen molar-refractivity contribution in [3.05, 3.63) is 29.8 Å². The highest BCUT2D eigenvalue weighted by molar-refractivity contribution is 5.85. The first-order valence-corrected chi connectivity index (χ1v) is 7.16. The zero-order chi connectivity index (χ0) is 15.2.